The highest BCUT2D eigenvalue weighted by Crippen LogP contribution is 2.08. The van der Waals surface area contributed by atoms with Crippen LogP contribution in [0.3, 0.4) is 0 Å². The van der Waals surface area contributed by atoms with Gasteiger partial charge in [0.15, 0.2) is 5.96 Å². The Morgan fingerprint density at radius 2 is 1.69 bits per heavy atom. The molecule has 0 aliphatic heterocycles. The molecule has 0 spiro atoms. The number of amides is 2. The van der Waals surface area contributed by atoms with Crippen LogP contribution in [0.5, 0.6) is 0 Å². The molecule has 0 bridgehead atoms. The van der Waals surface area contributed by atoms with Gasteiger partial charge in [0.25, 0.3) is 0 Å². The molecule has 0 aromatic heterocycles. The Morgan fingerprint density at radius 1 is 1.10 bits per heavy atom. The molecule has 0 fully saturated rings. The van der Waals surface area contributed by atoms with Crippen LogP contribution in [0.1, 0.15) is 68.2 Å². The first-order valence-electron chi connectivity index (χ1n) is 10.1. The average Bonchev–Trinajstić information content (AvgIpc) is 2.47. The van der Waals surface area contributed by atoms with Crippen LogP contribution in [0.15, 0.2) is 4.99 Å². The number of halogens is 1. The number of carbonyl (C=O) groups excluding carboxylic acids is 2. The lowest BCUT2D eigenvalue weighted by Gasteiger charge is -2.26. The number of hydrogen-bond donors (Lipinski definition) is 3. The van der Waals surface area contributed by atoms with Crippen LogP contribution in [0.25, 0.3) is 0 Å². The van der Waals surface area contributed by atoms with Crippen LogP contribution < -0.4 is 16.0 Å². The van der Waals surface area contributed by atoms with E-state index >= 15 is 0 Å². The summed E-state index contributed by atoms with van der Waals surface area (Å²) in [4.78, 5) is 30.6. The number of guanidine groups is 1. The quantitative estimate of drug-likeness (QED) is 0.256. The zero-order chi connectivity index (χ0) is 22.0. The number of ether oxygens (including phenoxy) is 1. The summed E-state index contributed by atoms with van der Waals surface area (Å²) in [5.74, 6) is 0.552. The lowest BCUT2D eigenvalue weighted by Crippen LogP contribution is -2.49. The van der Waals surface area contributed by atoms with Gasteiger partial charge >= 0.3 is 6.09 Å². The van der Waals surface area contributed by atoms with Crippen molar-refractivity contribution in [3.63, 3.8) is 0 Å². The van der Waals surface area contributed by atoms with Gasteiger partial charge in [-0.15, -0.1) is 24.0 Å². The van der Waals surface area contributed by atoms with E-state index in [9.17, 15) is 9.59 Å². The van der Waals surface area contributed by atoms with Crippen LogP contribution in [0.2, 0.25) is 0 Å². The van der Waals surface area contributed by atoms with E-state index in [0.717, 1.165) is 12.8 Å². The first-order chi connectivity index (χ1) is 12.8. The maximum Gasteiger partial charge on any atom is 0.407 e. The summed E-state index contributed by atoms with van der Waals surface area (Å²) in [7, 11) is 1.82. The van der Waals surface area contributed by atoms with Crippen molar-refractivity contribution in [3.8, 4) is 0 Å². The van der Waals surface area contributed by atoms with Crippen LogP contribution in [-0.2, 0) is 9.53 Å². The Balaban J connectivity index is 0. The molecule has 0 radical (unpaired) electrons. The smallest absolute Gasteiger partial charge is 0.407 e. The van der Waals surface area contributed by atoms with Crippen molar-refractivity contribution in [2.45, 2.75) is 85.4 Å². The summed E-state index contributed by atoms with van der Waals surface area (Å²) < 4.78 is 5.34. The maximum absolute atomic E-state index is 12.2. The molecular weight excluding hydrogens is 485 g/mol. The van der Waals surface area contributed by atoms with Crippen molar-refractivity contribution in [2.75, 3.05) is 26.7 Å². The van der Waals surface area contributed by atoms with Crippen molar-refractivity contribution in [2.24, 2.45) is 4.99 Å². The minimum atomic E-state index is -0.542. The monoisotopic (exact) mass is 527 g/mol. The molecular formula is C20H42IN5O3. The third kappa shape index (κ3) is 16.2. The second kappa shape index (κ2) is 13.9. The summed E-state index contributed by atoms with van der Waals surface area (Å²) in [6.07, 6.45) is 1.26. The molecule has 0 aliphatic carbocycles. The molecule has 0 saturated carbocycles. The highest BCUT2D eigenvalue weighted by Gasteiger charge is 2.20. The molecule has 0 saturated heterocycles. The van der Waals surface area contributed by atoms with Crippen LogP contribution >= 0.6 is 24.0 Å². The summed E-state index contributed by atoms with van der Waals surface area (Å²) in [6, 6.07) is -0.134. The topological polar surface area (TPSA) is 95.1 Å². The van der Waals surface area contributed by atoms with Gasteiger partial charge in [-0.3, -0.25) is 9.79 Å². The second-order valence-electron chi connectivity index (χ2n) is 8.98. The third-order valence-corrected chi connectivity index (χ3v) is 3.41. The molecule has 0 rings (SSSR count). The van der Waals surface area contributed by atoms with Gasteiger partial charge in [-0.1, -0.05) is 13.3 Å². The highest BCUT2D eigenvalue weighted by atomic mass is 127. The van der Waals surface area contributed by atoms with E-state index in [2.05, 4.69) is 27.9 Å². The standard InChI is InChI=1S/C20H41N5O3.HI/c1-10-12-15(23-18(27)28-20(6,7)8)13-22-17(21-11-2)25(9)14-16(26)24-19(3,4)5;/h15H,10-14H2,1-9H3,(H,21,22)(H,23,27)(H,24,26);1H. The number of hydrogen-bond acceptors (Lipinski definition) is 4. The summed E-state index contributed by atoms with van der Waals surface area (Å²) in [5, 5.41) is 9.02. The highest BCUT2D eigenvalue weighted by molar-refractivity contribution is 14.0. The molecule has 29 heavy (non-hydrogen) atoms. The molecule has 0 heterocycles. The zero-order valence-electron chi connectivity index (χ0n) is 19.6. The van der Waals surface area contributed by atoms with Gasteiger partial charge < -0.3 is 25.6 Å². The molecule has 0 aromatic rings. The van der Waals surface area contributed by atoms with E-state index in [4.69, 9.17) is 4.74 Å². The van der Waals surface area contributed by atoms with Gasteiger partial charge in [0.2, 0.25) is 5.91 Å². The van der Waals surface area contributed by atoms with Crippen LogP contribution in [0.4, 0.5) is 4.79 Å². The Hall–Kier alpha value is -1.26. The number of alkyl carbamates (subject to hydrolysis) is 1. The second-order valence-corrected chi connectivity index (χ2v) is 8.98. The van der Waals surface area contributed by atoms with Gasteiger partial charge in [-0.05, 0) is 54.9 Å². The largest absolute Gasteiger partial charge is 0.444 e. The van der Waals surface area contributed by atoms with Gasteiger partial charge in [0, 0.05) is 19.1 Å². The Morgan fingerprint density at radius 3 is 2.14 bits per heavy atom. The minimum Gasteiger partial charge on any atom is -0.444 e. The molecule has 0 aromatic carbocycles. The van der Waals surface area contributed by atoms with Gasteiger partial charge in [0.05, 0.1) is 19.1 Å². The van der Waals surface area contributed by atoms with Gasteiger partial charge in [-0.2, -0.15) is 0 Å². The molecule has 172 valence electrons. The molecule has 3 N–H and O–H groups in total. The normalized spacial score (nSPS) is 13.1. The molecule has 9 heteroatoms. The minimum absolute atomic E-state index is 0. The van der Waals surface area contributed by atoms with E-state index in [-0.39, 0.29) is 48.0 Å². The lowest BCUT2D eigenvalue weighted by atomic mass is 10.1. The van der Waals surface area contributed by atoms with Crippen molar-refractivity contribution in [1.82, 2.24) is 20.9 Å². The maximum atomic E-state index is 12.2. The zero-order valence-corrected chi connectivity index (χ0v) is 22.0. The van der Waals surface area contributed by atoms with Crippen molar-refractivity contribution >= 4 is 41.9 Å². The van der Waals surface area contributed by atoms with Crippen molar-refractivity contribution < 1.29 is 14.3 Å². The Labute approximate surface area is 194 Å². The molecule has 1 atom stereocenters. The molecule has 2 amide bonds. The summed E-state index contributed by atoms with van der Waals surface area (Å²) in [6.45, 7) is 16.7. The van der Waals surface area contributed by atoms with Crippen molar-refractivity contribution in [3.05, 3.63) is 0 Å². The number of nitrogens with one attached hydrogen (secondary N) is 3. The van der Waals surface area contributed by atoms with E-state index < -0.39 is 11.7 Å². The van der Waals surface area contributed by atoms with E-state index in [0.29, 0.717) is 19.0 Å². The van der Waals surface area contributed by atoms with Crippen LogP contribution in [0, 0.1) is 0 Å². The van der Waals surface area contributed by atoms with E-state index in [1.807, 2.05) is 55.5 Å². The molecule has 8 nitrogen and oxygen atoms in total. The lowest BCUT2D eigenvalue weighted by molar-refractivity contribution is -0.122. The first kappa shape index (κ1) is 29.9. The molecule has 0 aliphatic rings. The molecule has 1 unspecified atom stereocenters. The average molecular weight is 527 g/mol. The SMILES string of the molecule is CCCC(CN=C(NCC)N(C)CC(=O)NC(C)(C)C)NC(=O)OC(C)(C)C.I. The number of rotatable bonds is 8. The summed E-state index contributed by atoms with van der Waals surface area (Å²) >= 11 is 0. The predicted octanol–water partition coefficient (Wildman–Crippen LogP) is 3.11. The fraction of sp³-hybridized carbons (Fsp3) is 0.850. The van der Waals surface area contributed by atoms with Crippen molar-refractivity contribution in [1.29, 1.82) is 0 Å². The van der Waals surface area contributed by atoms with Gasteiger partial charge in [-0.25, -0.2) is 4.79 Å². The summed E-state index contributed by atoms with van der Waals surface area (Å²) in [5.41, 5.74) is -0.823. The number of nitrogens with zero attached hydrogens (tertiary/aromatic N) is 2. The first-order valence-corrected chi connectivity index (χ1v) is 10.1. The Bertz CT molecular complexity index is 527. The number of likely N-dealkylation sites (N-methyl/N-ethyl adjacent to an activating group) is 1. The third-order valence-electron chi connectivity index (χ3n) is 3.41. The van der Waals surface area contributed by atoms with E-state index in [1.54, 1.807) is 4.90 Å². The Kier molecular flexibility index (Phi) is 14.3. The fourth-order valence-corrected chi connectivity index (χ4v) is 2.45. The van der Waals surface area contributed by atoms with E-state index in [1.165, 1.54) is 0 Å². The number of carbonyl (C=O) groups is 2. The number of aliphatic imine (C=N–C) groups is 1. The fourth-order valence-electron chi connectivity index (χ4n) is 2.45. The van der Waals surface area contributed by atoms with Crippen LogP contribution in [-0.4, -0.2) is 66.7 Å². The predicted molar refractivity (Wildman–Crippen MR) is 130 cm³/mol. The van der Waals surface area contributed by atoms with Gasteiger partial charge in [0.1, 0.15) is 5.60 Å².